The third-order valence-electron chi connectivity index (χ3n) is 4.24. The molecule has 0 radical (unpaired) electrons. The summed E-state index contributed by atoms with van der Waals surface area (Å²) in [7, 11) is 0. The van der Waals surface area contributed by atoms with Gasteiger partial charge in [-0.05, 0) is 24.6 Å². The van der Waals surface area contributed by atoms with Crippen molar-refractivity contribution >= 4 is 33.0 Å². The summed E-state index contributed by atoms with van der Waals surface area (Å²) in [6, 6.07) is 14.9. The minimum atomic E-state index is -0.455. The van der Waals surface area contributed by atoms with Crippen molar-refractivity contribution in [3.05, 3.63) is 81.6 Å². The van der Waals surface area contributed by atoms with Crippen LogP contribution in [0.2, 0.25) is 0 Å². The summed E-state index contributed by atoms with van der Waals surface area (Å²) < 4.78 is 7.93. The molecule has 4 rings (SSSR count). The first-order chi connectivity index (χ1) is 11.7. The molecule has 0 aliphatic heterocycles. The van der Waals surface area contributed by atoms with Gasteiger partial charge in [0.1, 0.15) is 11.1 Å². The molecule has 0 saturated carbocycles. The monoisotopic (exact) mass is 317 g/mol. The van der Waals surface area contributed by atoms with E-state index in [0.29, 0.717) is 40.4 Å². The molecule has 4 heteroatoms. The van der Waals surface area contributed by atoms with Gasteiger partial charge >= 0.3 is 0 Å². The lowest BCUT2D eigenvalue weighted by Gasteiger charge is -2.14. The van der Waals surface area contributed by atoms with E-state index < -0.39 is 10.9 Å². The van der Waals surface area contributed by atoms with Crippen molar-refractivity contribution in [2.24, 2.45) is 0 Å². The lowest BCUT2D eigenvalue weighted by molar-refractivity contribution is 0.654. The molecule has 0 amide bonds. The number of para-hydroxylation sites is 3. The number of rotatable bonds is 3. The smallest absolute Gasteiger partial charge is 0.250 e. The molecule has 1 heterocycles. The Morgan fingerprint density at radius 2 is 1.67 bits per heavy atom. The van der Waals surface area contributed by atoms with Crippen LogP contribution in [-0.4, -0.2) is 4.57 Å². The molecule has 0 aliphatic carbocycles. The Kier molecular flexibility index (Phi) is 3.31. The van der Waals surface area contributed by atoms with Crippen LogP contribution < -0.4 is 10.9 Å². The molecule has 0 saturated heterocycles. The summed E-state index contributed by atoms with van der Waals surface area (Å²) in [5.41, 5.74) is 1.58. The maximum atomic E-state index is 12.3. The SMILES string of the molecule is C=CCCn1c2ccccc2oc2ccccc2c2c(=O)c(=O)c21. The van der Waals surface area contributed by atoms with Gasteiger partial charge in [0.15, 0.2) is 5.58 Å². The molecule has 0 atom stereocenters. The number of hydrogen-bond donors (Lipinski definition) is 0. The molecule has 0 spiro atoms. The van der Waals surface area contributed by atoms with E-state index in [9.17, 15) is 9.59 Å². The molecule has 0 aliphatic rings. The highest BCUT2D eigenvalue weighted by molar-refractivity contribution is 6.06. The first-order valence-electron chi connectivity index (χ1n) is 7.80. The fraction of sp³-hybridized carbons (Fsp3) is 0.100. The van der Waals surface area contributed by atoms with Gasteiger partial charge in [0.2, 0.25) is 5.43 Å². The van der Waals surface area contributed by atoms with Gasteiger partial charge in [-0.3, -0.25) is 9.59 Å². The van der Waals surface area contributed by atoms with Crippen molar-refractivity contribution < 1.29 is 4.42 Å². The molecule has 1 aromatic heterocycles. The van der Waals surface area contributed by atoms with Gasteiger partial charge in [-0.25, -0.2) is 0 Å². The molecular formula is C20H15NO3. The predicted molar refractivity (Wildman–Crippen MR) is 96.6 cm³/mol. The minimum Gasteiger partial charge on any atom is -0.455 e. The minimum absolute atomic E-state index is 0.439. The van der Waals surface area contributed by atoms with Crippen LogP contribution in [0.1, 0.15) is 6.42 Å². The van der Waals surface area contributed by atoms with Crippen LogP contribution in [0.5, 0.6) is 0 Å². The van der Waals surface area contributed by atoms with Crippen molar-refractivity contribution in [1.82, 2.24) is 4.57 Å². The average Bonchev–Trinajstić information content (AvgIpc) is 2.61. The van der Waals surface area contributed by atoms with Gasteiger partial charge in [0.05, 0.1) is 10.9 Å². The highest BCUT2D eigenvalue weighted by Gasteiger charge is 2.19. The lowest BCUT2D eigenvalue weighted by Crippen LogP contribution is -2.33. The Hall–Kier alpha value is -3.14. The summed E-state index contributed by atoms with van der Waals surface area (Å²) in [5.74, 6) is 0. The fourth-order valence-corrected chi connectivity index (χ4v) is 3.11. The van der Waals surface area contributed by atoms with Crippen molar-refractivity contribution in [2.75, 3.05) is 0 Å². The number of allylic oxidation sites excluding steroid dienone is 1. The number of hydrogen-bond acceptors (Lipinski definition) is 3. The second-order valence-electron chi connectivity index (χ2n) is 5.68. The van der Waals surface area contributed by atoms with Crippen molar-refractivity contribution in [2.45, 2.75) is 13.0 Å². The summed E-state index contributed by atoms with van der Waals surface area (Å²) in [6.07, 6.45) is 2.48. The fourth-order valence-electron chi connectivity index (χ4n) is 3.11. The Labute approximate surface area is 137 Å². The van der Waals surface area contributed by atoms with Crippen LogP contribution in [0.15, 0.2) is 75.2 Å². The quantitative estimate of drug-likeness (QED) is 0.426. The molecule has 4 nitrogen and oxygen atoms in total. The predicted octanol–water partition coefficient (Wildman–Crippen LogP) is 3.84. The summed E-state index contributed by atoms with van der Waals surface area (Å²) in [4.78, 5) is 24.6. The zero-order chi connectivity index (χ0) is 16.7. The van der Waals surface area contributed by atoms with Crippen LogP contribution in [0.3, 0.4) is 0 Å². The lowest BCUT2D eigenvalue weighted by atomic mass is 10.1. The van der Waals surface area contributed by atoms with E-state index in [4.69, 9.17) is 4.42 Å². The number of aromatic nitrogens is 1. The van der Waals surface area contributed by atoms with E-state index in [1.807, 2.05) is 53.1 Å². The molecule has 24 heavy (non-hydrogen) atoms. The molecule has 3 aromatic carbocycles. The van der Waals surface area contributed by atoms with Gasteiger partial charge in [0, 0.05) is 11.9 Å². The van der Waals surface area contributed by atoms with Crippen LogP contribution in [0.25, 0.3) is 33.0 Å². The zero-order valence-corrected chi connectivity index (χ0v) is 13.0. The van der Waals surface area contributed by atoms with Crippen LogP contribution in [0.4, 0.5) is 0 Å². The number of aryl methyl sites for hydroxylation is 1. The Morgan fingerprint density at radius 1 is 0.958 bits per heavy atom. The van der Waals surface area contributed by atoms with Gasteiger partial charge in [-0.15, -0.1) is 6.58 Å². The maximum Gasteiger partial charge on any atom is 0.250 e. The van der Waals surface area contributed by atoms with E-state index in [1.54, 1.807) is 6.08 Å². The molecule has 0 fully saturated rings. The Morgan fingerprint density at radius 3 is 2.46 bits per heavy atom. The molecule has 118 valence electrons. The Bertz CT molecular complexity index is 1210. The molecule has 0 N–H and O–H groups in total. The second kappa shape index (κ2) is 5.49. The number of nitrogens with zero attached hydrogens (tertiary/aromatic N) is 1. The molecule has 0 unspecified atom stereocenters. The standard InChI is InChI=1S/C20H15NO3/c1-2-3-12-21-14-9-5-7-11-16(14)24-15-10-6-4-8-13(15)17-18(21)20(23)19(17)22/h2,4-11H,1,3,12H2. The van der Waals surface area contributed by atoms with E-state index in [0.717, 1.165) is 5.52 Å². The van der Waals surface area contributed by atoms with Crippen LogP contribution >= 0.6 is 0 Å². The highest BCUT2D eigenvalue weighted by atomic mass is 16.3. The van der Waals surface area contributed by atoms with Gasteiger partial charge in [-0.1, -0.05) is 36.4 Å². The third kappa shape index (κ3) is 2.00. The maximum absolute atomic E-state index is 12.3. The molecule has 0 bridgehead atoms. The first-order valence-corrected chi connectivity index (χ1v) is 7.80. The van der Waals surface area contributed by atoms with E-state index >= 15 is 0 Å². The van der Waals surface area contributed by atoms with E-state index in [2.05, 4.69) is 6.58 Å². The van der Waals surface area contributed by atoms with Gasteiger partial charge < -0.3 is 8.98 Å². The average molecular weight is 317 g/mol. The molecular weight excluding hydrogens is 302 g/mol. The van der Waals surface area contributed by atoms with Crippen molar-refractivity contribution in [3.8, 4) is 0 Å². The zero-order valence-electron chi connectivity index (χ0n) is 13.0. The number of fused-ring (bicyclic) bond motifs is 4. The van der Waals surface area contributed by atoms with E-state index in [-0.39, 0.29) is 0 Å². The summed E-state index contributed by atoms with van der Waals surface area (Å²) in [5, 5.41) is 1.10. The van der Waals surface area contributed by atoms with Crippen molar-refractivity contribution in [3.63, 3.8) is 0 Å². The summed E-state index contributed by atoms with van der Waals surface area (Å²) >= 11 is 0. The van der Waals surface area contributed by atoms with E-state index in [1.165, 1.54) is 0 Å². The number of benzene rings is 2. The third-order valence-corrected chi connectivity index (χ3v) is 4.24. The highest BCUT2D eigenvalue weighted by Crippen LogP contribution is 2.25. The van der Waals surface area contributed by atoms with Gasteiger partial charge in [0.25, 0.3) is 5.43 Å². The van der Waals surface area contributed by atoms with Crippen molar-refractivity contribution in [1.29, 1.82) is 0 Å². The Balaban J connectivity index is 2.33. The second-order valence-corrected chi connectivity index (χ2v) is 5.68. The summed E-state index contributed by atoms with van der Waals surface area (Å²) in [6.45, 7) is 4.31. The first kappa shape index (κ1) is 14.5. The van der Waals surface area contributed by atoms with Gasteiger partial charge in [-0.2, -0.15) is 0 Å². The normalized spacial score (nSPS) is 11.3. The van der Waals surface area contributed by atoms with Crippen LogP contribution in [0, 0.1) is 0 Å². The topological polar surface area (TPSA) is 52.2 Å². The molecule has 4 aromatic rings. The van der Waals surface area contributed by atoms with Crippen LogP contribution in [-0.2, 0) is 6.54 Å². The largest absolute Gasteiger partial charge is 0.455 e.